The Kier molecular flexibility index (Phi) is 4.47. The Morgan fingerprint density at radius 3 is 2.67 bits per heavy atom. The first-order valence-electron chi connectivity index (χ1n) is 7.41. The van der Waals surface area contributed by atoms with Gasteiger partial charge in [-0.3, -0.25) is 4.79 Å². The fourth-order valence-electron chi connectivity index (χ4n) is 2.52. The lowest BCUT2D eigenvalue weighted by Crippen LogP contribution is -2.42. The second-order valence-corrected chi connectivity index (χ2v) is 6.85. The van der Waals surface area contributed by atoms with Gasteiger partial charge in [0.2, 0.25) is 5.91 Å². The second-order valence-electron chi connectivity index (χ2n) is 6.04. The lowest BCUT2D eigenvalue weighted by Gasteiger charge is -2.27. The first-order valence-corrected chi connectivity index (χ1v) is 8.17. The van der Waals surface area contributed by atoms with Crippen molar-refractivity contribution in [1.29, 1.82) is 0 Å². The summed E-state index contributed by atoms with van der Waals surface area (Å²) < 4.78 is 1.58. The van der Waals surface area contributed by atoms with Crippen LogP contribution in [0.1, 0.15) is 19.4 Å². The number of fused-ring (bicyclic) bond motifs is 1. The summed E-state index contributed by atoms with van der Waals surface area (Å²) >= 11 is 12.0. The minimum atomic E-state index is -0.596. The van der Waals surface area contributed by atoms with E-state index < -0.39 is 5.54 Å². The number of nitrogens with zero attached hydrogens (tertiary/aromatic N) is 3. The zero-order valence-electron chi connectivity index (χ0n) is 13.3. The molecule has 0 spiro atoms. The standard InChI is InChI=1S/C17H16Cl2N4O/c1-17(2,11-7-8-12(18)13(19)9-11)20-16(24)10-23-15-6-4-3-5-14(15)21-22-23/h3-9H,10H2,1-2H3,(H,20,24). The van der Waals surface area contributed by atoms with Gasteiger partial charge in [-0.05, 0) is 43.7 Å². The van der Waals surface area contributed by atoms with Crippen molar-refractivity contribution < 1.29 is 4.79 Å². The highest BCUT2D eigenvalue weighted by Crippen LogP contribution is 2.28. The molecule has 0 aliphatic rings. The van der Waals surface area contributed by atoms with Gasteiger partial charge in [-0.1, -0.05) is 46.6 Å². The number of hydrogen-bond donors (Lipinski definition) is 1. The number of amides is 1. The van der Waals surface area contributed by atoms with Crippen molar-refractivity contribution in [3.05, 3.63) is 58.1 Å². The molecular formula is C17H16Cl2N4O. The van der Waals surface area contributed by atoms with Gasteiger partial charge >= 0.3 is 0 Å². The number of rotatable bonds is 4. The molecule has 124 valence electrons. The molecule has 1 N–H and O–H groups in total. The molecule has 0 saturated heterocycles. The Morgan fingerprint density at radius 1 is 1.17 bits per heavy atom. The van der Waals surface area contributed by atoms with Gasteiger partial charge in [-0.2, -0.15) is 0 Å². The zero-order chi connectivity index (χ0) is 17.3. The molecule has 7 heteroatoms. The SMILES string of the molecule is CC(C)(NC(=O)Cn1nnc2ccccc21)c1ccc(Cl)c(Cl)c1. The summed E-state index contributed by atoms with van der Waals surface area (Å²) in [5.74, 6) is -0.165. The van der Waals surface area contributed by atoms with Crippen LogP contribution in [0.5, 0.6) is 0 Å². The van der Waals surface area contributed by atoms with Crippen molar-refractivity contribution in [1.82, 2.24) is 20.3 Å². The van der Waals surface area contributed by atoms with E-state index in [0.717, 1.165) is 16.6 Å². The fraction of sp³-hybridized carbons (Fsp3) is 0.235. The molecule has 5 nitrogen and oxygen atoms in total. The molecule has 3 rings (SSSR count). The lowest BCUT2D eigenvalue weighted by molar-refractivity contribution is -0.123. The fourth-order valence-corrected chi connectivity index (χ4v) is 2.81. The largest absolute Gasteiger partial charge is 0.346 e. The Labute approximate surface area is 149 Å². The van der Waals surface area contributed by atoms with E-state index >= 15 is 0 Å². The van der Waals surface area contributed by atoms with E-state index in [1.807, 2.05) is 44.2 Å². The Morgan fingerprint density at radius 2 is 1.92 bits per heavy atom. The van der Waals surface area contributed by atoms with Crippen molar-refractivity contribution in [2.45, 2.75) is 25.9 Å². The Bertz CT molecular complexity index is 904. The minimum absolute atomic E-state index is 0.0886. The molecule has 24 heavy (non-hydrogen) atoms. The van der Waals surface area contributed by atoms with Crippen LogP contribution in [0.3, 0.4) is 0 Å². The molecular weight excluding hydrogens is 347 g/mol. The van der Waals surface area contributed by atoms with Crippen molar-refractivity contribution in [2.75, 3.05) is 0 Å². The summed E-state index contributed by atoms with van der Waals surface area (Å²) in [6, 6.07) is 12.8. The highest BCUT2D eigenvalue weighted by molar-refractivity contribution is 6.42. The molecule has 2 aromatic carbocycles. The molecule has 0 atom stereocenters. The number of para-hydroxylation sites is 1. The lowest BCUT2D eigenvalue weighted by atomic mass is 9.94. The molecule has 1 aromatic heterocycles. The van der Waals surface area contributed by atoms with E-state index in [2.05, 4.69) is 15.6 Å². The predicted octanol–water partition coefficient (Wildman–Crippen LogP) is 3.79. The van der Waals surface area contributed by atoms with Gasteiger partial charge in [-0.15, -0.1) is 5.10 Å². The van der Waals surface area contributed by atoms with Crippen molar-refractivity contribution in [3.63, 3.8) is 0 Å². The number of hydrogen-bond acceptors (Lipinski definition) is 3. The monoisotopic (exact) mass is 362 g/mol. The molecule has 0 aliphatic carbocycles. The third-order valence-corrected chi connectivity index (χ3v) is 4.55. The quantitative estimate of drug-likeness (QED) is 0.767. The summed E-state index contributed by atoms with van der Waals surface area (Å²) in [5.41, 5.74) is 1.85. The molecule has 0 unspecified atom stereocenters. The summed E-state index contributed by atoms with van der Waals surface area (Å²) in [6.45, 7) is 3.90. The van der Waals surface area contributed by atoms with Crippen molar-refractivity contribution in [2.24, 2.45) is 0 Å². The van der Waals surface area contributed by atoms with E-state index in [-0.39, 0.29) is 12.5 Å². The number of aromatic nitrogens is 3. The normalized spacial score (nSPS) is 11.7. The third kappa shape index (κ3) is 3.37. The second kappa shape index (κ2) is 6.42. The maximum Gasteiger partial charge on any atom is 0.242 e. The van der Waals surface area contributed by atoms with E-state index in [4.69, 9.17) is 23.2 Å². The third-order valence-electron chi connectivity index (χ3n) is 3.81. The van der Waals surface area contributed by atoms with Crippen LogP contribution in [0.2, 0.25) is 10.0 Å². The summed E-state index contributed by atoms with van der Waals surface area (Å²) in [7, 11) is 0. The predicted molar refractivity (Wildman–Crippen MR) is 95.2 cm³/mol. The maximum atomic E-state index is 12.4. The summed E-state index contributed by atoms with van der Waals surface area (Å²) in [5, 5.41) is 12.0. The molecule has 1 amide bonds. The van der Waals surface area contributed by atoms with E-state index in [0.29, 0.717) is 10.0 Å². The summed E-state index contributed by atoms with van der Waals surface area (Å²) in [4.78, 5) is 12.4. The van der Waals surface area contributed by atoms with E-state index in [1.54, 1.807) is 16.8 Å². The number of carbonyl (C=O) groups excluding carboxylic acids is 1. The molecule has 0 aliphatic heterocycles. The number of nitrogens with one attached hydrogen (secondary N) is 1. The molecule has 1 heterocycles. The van der Waals surface area contributed by atoms with Crippen LogP contribution in [0.4, 0.5) is 0 Å². The molecule has 0 bridgehead atoms. The highest BCUT2D eigenvalue weighted by Gasteiger charge is 2.24. The minimum Gasteiger partial charge on any atom is -0.346 e. The average Bonchev–Trinajstić information content (AvgIpc) is 2.92. The molecule has 0 saturated carbocycles. The van der Waals surface area contributed by atoms with Gasteiger partial charge in [-0.25, -0.2) is 4.68 Å². The van der Waals surface area contributed by atoms with Crippen molar-refractivity contribution >= 4 is 40.1 Å². The van der Waals surface area contributed by atoms with Gasteiger partial charge < -0.3 is 5.32 Å². The zero-order valence-corrected chi connectivity index (χ0v) is 14.8. The van der Waals surface area contributed by atoms with Gasteiger partial charge in [0, 0.05) is 0 Å². The van der Waals surface area contributed by atoms with Crippen LogP contribution in [0, 0.1) is 0 Å². The van der Waals surface area contributed by atoms with Crippen molar-refractivity contribution in [3.8, 4) is 0 Å². The highest BCUT2D eigenvalue weighted by atomic mass is 35.5. The topological polar surface area (TPSA) is 59.8 Å². The number of halogens is 2. The van der Waals surface area contributed by atoms with Crippen LogP contribution in [0.15, 0.2) is 42.5 Å². The number of carbonyl (C=O) groups is 1. The van der Waals surface area contributed by atoms with Gasteiger partial charge in [0.05, 0.1) is 21.1 Å². The van der Waals surface area contributed by atoms with Gasteiger partial charge in [0.1, 0.15) is 12.1 Å². The average molecular weight is 363 g/mol. The van der Waals surface area contributed by atoms with E-state index in [9.17, 15) is 4.79 Å². The molecule has 0 fully saturated rings. The first-order chi connectivity index (χ1) is 11.4. The van der Waals surface area contributed by atoms with Gasteiger partial charge in [0.15, 0.2) is 0 Å². The van der Waals surface area contributed by atoms with Crippen LogP contribution in [-0.2, 0) is 16.9 Å². The number of benzene rings is 2. The first kappa shape index (κ1) is 16.7. The Balaban J connectivity index is 1.77. The maximum absolute atomic E-state index is 12.4. The van der Waals surface area contributed by atoms with Crippen LogP contribution in [-0.4, -0.2) is 20.9 Å². The molecule has 0 radical (unpaired) electrons. The summed E-state index contributed by atoms with van der Waals surface area (Å²) in [6.07, 6.45) is 0. The van der Waals surface area contributed by atoms with Crippen LogP contribution >= 0.6 is 23.2 Å². The van der Waals surface area contributed by atoms with Gasteiger partial charge in [0.25, 0.3) is 0 Å². The molecule has 3 aromatic rings. The smallest absolute Gasteiger partial charge is 0.242 e. The van der Waals surface area contributed by atoms with Crippen LogP contribution in [0.25, 0.3) is 11.0 Å². The van der Waals surface area contributed by atoms with E-state index in [1.165, 1.54) is 0 Å². The Hall–Kier alpha value is -2.11. The van der Waals surface area contributed by atoms with Crippen LogP contribution < -0.4 is 5.32 Å².